The summed E-state index contributed by atoms with van der Waals surface area (Å²) in [4.78, 5) is 34.3. The summed E-state index contributed by atoms with van der Waals surface area (Å²) in [5, 5.41) is 13.2. The monoisotopic (exact) mass is 314 g/mol. The average Bonchev–Trinajstić information content (AvgIpc) is 2.57. The molecular formula is C11H11FN4O4S. The molecule has 0 radical (unpaired) electrons. The van der Waals surface area contributed by atoms with E-state index in [1.807, 2.05) is 0 Å². The minimum absolute atomic E-state index is 0.104. The van der Waals surface area contributed by atoms with Crippen LogP contribution in [0.2, 0.25) is 0 Å². The molecule has 1 aliphatic rings. The average molecular weight is 314 g/mol. The highest BCUT2D eigenvalue weighted by atomic mass is 32.2. The van der Waals surface area contributed by atoms with Crippen molar-refractivity contribution in [3.8, 4) is 0 Å². The second-order valence-corrected chi connectivity index (χ2v) is 5.17. The predicted octanol–water partition coefficient (Wildman–Crippen LogP) is 0.110. The van der Waals surface area contributed by atoms with Gasteiger partial charge < -0.3 is 15.7 Å². The van der Waals surface area contributed by atoms with Gasteiger partial charge in [0.05, 0.1) is 11.3 Å². The second kappa shape index (κ2) is 5.97. The lowest BCUT2D eigenvalue weighted by atomic mass is 10.1. The third kappa shape index (κ3) is 3.23. The van der Waals surface area contributed by atoms with Gasteiger partial charge in [-0.1, -0.05) is 0 Å². The highest BCUT2D eigenvalue weighted by Gasteiger charge is 2.27. The van der Waals surface area contributed by atoms with Crippen molar-refractivity contribution in [1.29, 1.82) is 0 Å². The molecule has 1 aromatic carbocycles. The summed E-state index contributed by atoms with van der Waals surface area (Å²) in [6.45, 7) is 0. The molecule has 2 rings (SSSR count). The number of rotatable bonds is 2. The van der Waals surface area contributed by atoms with Gasteiger partial charge in [-0.3, -0.25) is 15.0 Å². The second-order valence-electron chi connectivity index (χ2n) is 4.10. The Morgan fingerprint density at radius 3 is 2.81 bits per heavy atom. The Bertz CT molecular complexity index is 624. The summed E-state index contributed by atoms with van der Waals surface area (Å²) in [6.07, 6.45) is -1.34. The third-order valence-corrected chi connectivity index (χ3v) is 3.87. The van der Waals surface area contributed by atoms with E-state index >= 15 is 0 Å². The lowest BCUT2D eigenvalue weighted by molar-refractivity contribution is -0.117. The zero-order valence-corrected chi connectivity index (χ0v) is 11.3. The fourth-order valence-corrected chi connectivity index (χ4v) is 2.78. The number of halogens is 1. The van der Waals surface area contributed by atoms with Crippen molar-refractivity contribution in [2.75, 3.05) is 11.1 Å². The van der Waals surface area contributed by atoms with Crippen LogP contribution in [0.3, 0.4) is 0 Å². The number of amides is 3. The van der Waals surface area contributed by atoms with E-state index < -0.39 is 29.8 Å². The first-order chi connectivity index (χ1) is 9.92. The smallest absolute Gasteiger partial charge is 0.405 e. The molecule has 112 valence electrons. The third-order valence-electron chi connectivity index (χ3n) is 2.72. The zero-order chi connectivity index (χ0) is 15.6. The molecular weight excluding hydrogens is 303 g/mol. The fourth-order valence-electron chi connectivity index (χ4n) is 1.75. The molecule has 0 spiro atoms. The van der Waals surface area contributed by atoms with E-state index in [1.54, 1.807) is 5.43 Å². The topological polar surface area (TPSA) is 134 Å². The largest absolute Gasteiger partial charge is 0.465 e. The van der Waals surface area contributed by atoms with Gasteiger partial charge >= 0.3 is 6.09 Å². The molecule has 0 aromatic heterocycles. The summed E-state index contributed by atoms with van der Waals surface area (Å²) in [5.74, 6) is 2.84. The van der Waals surface area contributed by atoms with Crippen molar-refractivity contribution < 1.29 is 23.9 Å². The van der Waals surface area contributed by atoms with Crippen LogP contribution in [0, 0.1) is 5.82 Å². The lowest BCUT2D eigenvalue weighted by Crippen LogP contribution is -2.44. The van der Waals surface area contributed by atoms with Gasteiger partial charge in [-0.15, -0.1) is 11.8 Å². The van der Waals surface area contributed by atoms with E-state index in [0.717, 1.165) is 23.9 Å². The first kappa shape index (κ1) is 15.1. The van der Waals surface area contributed by atoms with E-state index in [4.69, 9.17) is 10.9 Å². The molecule has 1 atom stereocenters. The van der Waals surface area contributed by atoms with Crippen LogP contribution in [-0.4, -0.2) is 34.8 Å². The molecule has 21 heavy (non-hydrogen) atoms. The van der Waals surface area contributed by atoms with Crippen LogP contribution in [0.15, 0.2) is 17.0 Å². The van der Waals surface area contributed by atoms with E-state index in [0.29, 0.717) is 4.90 Å². The maximum absolute atomic E-state index is 13.8. The van der Waals surface area contributed by atoms with Gasteiger partial charge in [0.15, 0.2) is 0 Å². The van der Waals surface area contributed by atoms with Gasteiger partial charge in [0.1, 0.15) is 11.9 Å². The fraction of sp³-hybridized carbons (Fsp3) is 0.182. The van der Waals surface area contributed by atoms with Crippen LogP contribution >= 0.6 is 11.8 Å². The number of hydrogen-bond acceptors (Lipinski definition) is 5. The molecule has 0 saturated carbocycles. The number of anilines is 1. The molecule has 0 bridgehead atoms. The SMILES string of the molecule is NNC(=O)c1cc2c(cc1F)SCC(NC(=O)O)C(=O)N2. The summed E-state index contributed by atoms with van der Waals surface area (Å²) in [6, 6.07) is 1.27. The highest BCUT2D eigenvalue weighted by Crippen LogP contribution is 2.33. The number of hydrazine groups is 1. The Kier molecular flexibility index (Phi) is 4.29. The summed E-state index contributed by atoms with van der Waals surface area (Å²) >= 11 is 1.09. The van der Waals surface area contributed by atoms with Crippen molar-refractivity contribution in [3.05, 3.63) is 23.5 Å². The number of carboxylic acid groups (broad SMARTS) is 1. The van der Waals surface area contributed by atoms with E-state index in [1.165, 1.54) is 0 Å². The van der Waals surface area contributed by atoms with Crippen molar-refractivity contribution in [2.45, 2.75) is 10.9 Å². The number of carbonyl (C=O) groups is 3. The van der Waals surface area contributed by atoms with Crippen molar-refractivity contribution in [1.82, 2.24) is 10.7 Å². The highest BCUT2D eigenvalue weighted by molar-refractivity contribution is 7.99. The molecule has 1 aromatic rings. The molecule has 1 heterocycles. The Morgan fingerprint density at radius 1 is 1.48 bits per heavy atom. The Morgan fingerprint density at radius 2 is 2.19 bits per heavy atom. The van der Waals surface area contributed by atoms with Gasteiger partial charge in [0.2, 0.25) is 5.91 Å². The Balaban J connectivity index is 2.33. The van der Waals surface area contributed by atoms with Gasteiger partial charge in [-0.05, 0) is 12.1 Å². The normalized spacial score (nSPS) is 17.2. The number of benzene rings is 1. The molecule has 1 unspecified atom stereocenters. The van der Waals surface area contributed by atoms with Gasteiger partial charge in [0.25, 0.3) is 5.91 Å². The molecule has 1 aliphatic heterocycles. The van der Waals surface area contributed by atoms with Crippen molar-refractivity contribution in [2.24, 2.45) is 5.84 Å². The maximum atomic E-state index is 13.8. The summed E-state index contributed by atoms with van der Waals surface area (Å²) < 4.78 is 13.8. The Hall–Kier alpha value is -2.33. The van der Waals surface area contributed by atoms with Gasteiger partial charge in [0, 0.05) is 10.6 Å². The number of nitrogens with one attached hydrogen (secondary N) is 3. The Labute approximate surface area is 122 Å². The molecule has 0 fully saturated rings. The number of carbonyl (C=O) groups excluding carboxylic acids is 2. The standard InChI is InChI=1S/C11H11FN4O4S/c12-5-2-8-6(1-4(5)9(17)16-13)14-10(18)7(3-21-8)15-11(19)20/h1-2,7,15H,3,13H2,(H,14,18)(H,16,17)(H,19,20). The van der Waals surface area contributed by atoms with Crippen molar-refractivity contribution >= 4 is 35.4 Å². The molecule has 8 nitrogen and oxygen atoms in total. The first-order valence-corrected chi connectivity index (χ1v) is 6.68. The number of nitrogen functional groups attached to an aromatic ring is 1. The van der Waals surface area contributed by atoms with Crippen LogP contribution in [0.1, 0.15) is 10.4 Å². The molecule has 0 saturated heterocycles. The van der Waals surface area contributed by atoms with E-state index in [9.17, 15) is 18.8 Å². The van der Waals surface area contributed by atoms with Crippen LogP contribution in [0.25, 0.3) is 0 Å². The van der Waals surface area contributed by atoms with Gasteiger partial charge in [-0.25, -0.2) is 15.0 Å². The van der Waals surface area contributed by atoms with E-state index in [-0.39, 0.29) is 17.0 Å². The molecule has 10 heteroatoms. The van der Waals surface area contributed by atoms with Gasteiger partial charge in [-0.2, -0.15) is 0 Å². The van der Waals surface area contributed by atoms with Crippen LogP contribution < -0.4 is 21.9 Å². The minimum Gasteiger partial charge on any atom is -0.465 e. The maximum Gasteiger partial charge on any atom is 0.405 e. The van der Waals surface area contributed by atoms with Crippen LogP contribution in [0.4, 0.5) is 14.9 Å². The van der Waals surface area contributed by atoms with E-state index in [2.05, 4.69) is 10.6 Å². The quantitative estimate of drug-likeness (QED) is 0.299. The number of fused-ring (bicyclic) bond motifs is 1. The summed E-state index contributed by atoms with van der Waals surface area (Å²) in [5.41, 5.74) is 1.71. The summed E-state index contributed by atoms with van der Waals surface area (Å²) in [7, 11) is 0. The lowest BCUT2D eigenvalue weighted by Gasteiger charge is -2.12. The molecule has 0 aliphatic carbocycles. The van der Waals surface area contributed by atoms with Crippen molar-refractivity contribution in [3.63, 3.8) is 0 Å². The zero-order valence-electron chi connectivity index (χ0n) is 10.5. The molecule has 3 amide bonds. The predicted molar refractivity (Wildman–Crippen MR) is 72.4 cm³/mol. The number of hydrogen-bond donors (Lipinski definition) is 5. The number of thioether (sulfide) groups is 1. The molecule has 6 N–H and O–H groups in total. The number of nitrogens with two attached hydrogens (primary N) is 1. The first-order valence-electron chi connectivity index (χ1n) is 5.70. The van der Waals surface area contributed by atoms with Crippen LogP contribution in [-0.2, 0) is 4.79 Å². The minimum atomic E-state index is -1.34. The van der Waals surface area contributed by atoms with Crippen LogP contribution in [0.5, 0.6) is 0 Å².